The largest absolute Gasteiger partial charge is 0.494 e. The second-order valence-electron chi connectivity index (χ2n) is 8.76. The van der Waals surface area contributed by atoms with Crippen LogP contribution in [0.3, 0.4) is 0 Å². The third-order valence-electron chi connectivity index (χ3n) is 6.18. The second kappa shape index (κ2) is 12.3. The summed E-state index contributed by atoms with van der Waals surface area (Å²) in [6, 6.07) is 18.7. The molecule has 5 atom stereocenters. The van der Waals surface area contributed by atoms with E-state index in [-0.39, 0.29) is 11.4 Å². The maximum Gasteiger partial charge on any atom is 0.294 e. The first-order chi connectivity index (χ1) is 18.3. The van der Waals surface area contributed by atoms with Gasteiger partial charge in [-0.2, -0.15) is 5.10 Å². The third kappa shape index (κ3) is 6.29. The molecule has 4 N–H and O–H groups in total. The number of hydrogen-bond acceptors (Lipinski definition) is 9. The van der Waals surface area contributed by atoms with Crippen LogP contribution in [-0.2, 0) is 11.2 Å². The Kier molecular flexibility index (Phi) is 8.93. The van der Waals surface area contributed by atoms with Gasteiger partial charge in [0.25, 0.3) is 5.69 Å². The van der Waals surface area contributed by atoms with Crippen molar-refractivity contribution in [3.8, 4) is 5.75 Å². The molecule has 1 saturated heterocycles. The van der Waals surface area contributed by atoms with Gasteiger partial charge in [-0.1, -0.05) is 48.0 Å². The minimum atomic E-state index is -1.53. The SMILES string of the molecule is CCOc1ccc(Cc2cc([C@@H]3O[C@H](/C=N/Nc4ccccc4[N+](=O)[O-])[C@@H](O)[C@H](O)[C@H]3O)ccc2Cl)cc1. The van der Waals surface area contributed by atoms with Gasteiger partial charge >= 0.3 is 0 Å². The van der Waals surface area contributed by atoms with E-state index in [4.69, 9.17) is 21.1 Å². The number of rotatable bonds is 9. The minimum absolute atomic E-state index is 0.146. The lowest BCUT2D eigenvalue weighted by molar-refractivity contribution is -0.384. The molecule has 0 aromatic heterocycles. The molecule has 0 saturated carbocycles. The standard InChI is InChI=1S/C27H28ClN3O7/c1-2-37-19-10-7-16(8-11-19)13-18-14-17(9-12-20(18)28)27-26(34)25(33)24(32)23(38-27)15-29-30-21-5-3-4-6-22(21)31(35)36/h3-12,14-15,23-27,30,32-34H,2,13H2,1H3/b29-15+/t23-,24-,25+,26-,27+/m1/s1. The molecule has 11 heteroatoms. The second-order valence-corrected chi connectivity index (χ2v) is 9.17. The Hall–Kier alpha value is -3.54. The smallest absolute Gasteiger partial charge is 0.294 e. The molecule has 3 aromatic rings. The van der Waals surface area contributed by atoms with Crippen LogP contribution in [0.1, 0.15) is 29.7 Å². The number of nitrogens with zero attached hydrogens (tertiary/aromatic N) is 2. The van der Waals surface area contributed by atoms with Gasteiger partial charge in [0, 0.05) is 11.1 Å². The monoisotopic (exact) mass is 541 g/mol. The van der Waals surface area contributed by atoms with Crippen LogP contribution < -0.4 is 10.2 Å². The Morgan fingerprint density at radius 3 is 2.53 bits per heavy atom. The van der Waals surface area contributed by atoms with Crippen LogP contribution in [0.15, 0.2) is 71.8 Å². The molecule has 1 aliphatic heterocycles. The zero-order valence-electron chi connectivity index (χ0n) is 20.5. The Bertz CT molecular complexity index is 1290. The molecule has 1 fully saturated rings. The van der Waals surface area contributed by atoms with Gasteiger partial charge in [-0.15, -0.1) is 0 Å². The van der Waals surface area contributed by atoms with E-state index in [0.717, 1.165) is 16.9 Å². The van der Waals surface area contributed by atoms with Crippen LogP contribution in [0.4, 0.5) is 11.4 Å². The van der Waals surface area contributed by atoms with Crippen molar-refractivity contribution in [2.75, 3.05) is 12.0 Å². The molecule has 3 aromatic carbocycles. The highest BCUT2D eigenvalue weighted by atomic mass is 35.5. The summed E-state index contributed by atoms with van der Waals surface area (Å²) in [7, 11) is 0. The van der Waals surface area contributed by atoms with E-state index in [1.807, 2.05) is 31.2 Å². The predicted molar refractivity (Wildman–Crippen MR) is 143 cm³/mol. The summed E-state index contributed by atoms with van der Waals surface area (Å²) in [5.41, 5.74) is 4.87. The molecule has 0 bridgehead atoms. The third-order valence-corrected chi connectivity index (χ3v) is 6.55. The molecule has 0 radical (unpaired) electrons. The average Bonchev–Trinajstić information content (AvgIpc) is 2.91. The van der Waals surface area contributed by atoms with E-state index in [9.17, 15) is 25.4 Å². The number of aliphatic hydroxyl groups is 3. The number of nitro groups is 1. The van der Waals surface area contributed by atoms with Gasteiger partial charge in [0.1, 0.15) is 42.0 Å². The van der Waals surface area contributed by atoms with Crippen LogP contribution in [0.2, 0.25) is 5.02 Å². The normalized spacial score (nSPS) is 23.3. The Balaban J connectivity index is 1.52. The first-order valence-electron chi connectivity index (χ1n) is 12.0. The van der Waals surface area contributed by atoms with Crippen molar-refractivity contribution in [3.63, 3.8) is 0 Å². The number of nitro benzene ring substituents is 1. The van der Waals surface area contributed by atoms with Crippen LogP contribution in [0.5, 0.6) is 5.75 Å². The highest BCUT2D eigenvalue weighted by Gasteiger charge is 2.43. The number of anilines is 1. The van der Waals surface area contributed by atoms with Crippen LogP contribution >= 0.6 is 11.6 Å². The molecule has 0 aliphatic carbocycles. The van der Waals surface area contributed by atoms with Crippen LogP contribution in [0, 0.1) is 10.1 Å². The lowest BCUT2D eigenvalue weighted by Gasteiger charge is -2.39. The fraction of sp³-hybridized carbons (Fsp3) is 0.296. The van der Waals surface area contributed by atoms with Gasteiger partial charge < -0.3 is 24.8 Å². The number of aliphatic hydroxyl groups excluding tert-OH is 3. The molecule has 200 valence electrons. The van der Waals surface area contributed by atoms with Crippen molar-refractivity contribution in [1.29, 1.82) is 0 Å². The fourth-order valence-electron chi connectivity index (χ4n) is 4.21. The molecule has 0 spiro atoms. The Morgan fingerprint density at radius 2 is 1.82 bits per heavy atom. The van der Waals surface area contributed by atoms with E-state index >= 15 is 0 Å². The number of hydrogen-bond donors (Lipinski definition) is 4. The zero-order valence-corrected chi connectivity index (χ0v) is 21.2. The molecule has 4 rings (SSSR count). The number of benzene rings is 3. The molecule has 10 nitrogen and oxygen atoms in total. The lowest BCUT2D eigenvalue weighted by Crippen LogP contribution is -2.54. The molecule has 38 heavy (non-hydrogen) atoms. The molecule has 0 amide bonds. The fourth-order valence-corrected chi connectivity index (χ4v) is 4.39. The highest BCUT2D eigenvalue weighted by molar-refractivity contribution is 6.31. The van der Waals surface area contributed by atoms with Gasteiger partial charge in [0.15, 0.2) is 0 Å². The molecule has 1 aliphatic rings. The summed E-state index contributed by atoms with van der Waals surface area (Å²) in [4.78, 5) is 10.6. The number of ether oxygens (including phenoxy) is 2. The molecular weight excluding hydrogens is 514 g/mol. The average molecular weight is 542 g/mol. The van der Waals surface area contributed by atoms with E-state index in [1.54, 1.807) is 24.3 Å². The summed E-state index contributed by atoms with van der Waals surface area (Å²) >= 11 is 6.45. The molecule has 0 unspecified atom stereocenters. The van der Waals surface area contributed by atoms with Gasteiger partial charge in [0.2, 0.25) is 0 Å². The molecular formula is C27H28ClN3O7. The van der Waals surface area contributed by atoms with Crippen LogP contribution in [-0.4, -0.2) is 57.5 Å². The quantitative estimate of drug-likeness (QED) is 0.181. The van der Waals surface area contributed by atoms with Gasteiger partial charge in [0.05, 0.1) is 17.7 Å². The predicted octanol–water partition coefficient (Wildman–Crippen LogP) is 3.86. The van der Waals surface area contributed by atoms with E-state index in [0.29, 0.717) is 23.6 Å². The Morgan fingerprint density at radius 1 is 1.08 bits per heavy atom. The van der Waals surface area contributed by atoms with Crippen molar-refractivity contribution < 1.29 is 29.7 Å². The number of para-hydroxylation sites is 2. The lowest BCUT2D eigenvalue weighted by atomic mass is 9.90. The number of hydrazone groups is 1. The number of halogens is 1. The van der Waals surface area contributed by atoms with Gasteiger partial charge in [-0.3, -0.25) is 15.5 Å². The summed E-state index contributed by atoms with van der Waals surface area (Å²) in [5.74, 6) is 0.770. The zero-order chi connectivity index (χ0) is 27.2. The van der Waals surface area contributed by atoms with E-state index < -0.39 is 35.4 Å². The summed E-state index contributed by atoms with van der Waals surface area (Å²) < 4.78 is 11.4. The topological polar surface area (TPSA) is 147 Å². The number of nitrogens with one attached hydrogen (secondary N) is 1. The van der Waals surface area contributed by atoms with Gasteiger partial charge in [-0.05, 0) is 54.3 Å². The summed E-state index contributed by atoms with van der Waals surface area (Å²) in [5, 5.41) is 47.4. The first-order valence-corrected chi connectivity index (χ1v) is 12.4. The Labute approximate surface area is 224 Å². The summed E-state index contributed by atoms with van der Waals surface area (Å²) in [6.07, 6.45) is -4.82. The molecule has 1 heterocycles. The van der Waals surface area contributed by atoms with Crippen molar-refractivity contribution in [1.82, 2.24) is 0 Å². The first kappa shape index (κ1) is 27.5. The highest BCUT2D eigenvalue weighted by Crippen LogP contribution is 2.34. The maximum atomic E-state index is 11.2. The van der Waals surface area contributed by atoms with Crippen molar-refractivity contribution >= 4 is 29.2 Å². The minimum Gasteiger partial charge on any atom is -0.494 e. The van der Waals surface area contributed by atoms with E-state index in [2.05, 4.69) is 10.5 Å². The van der Waals surface area contributed by atoms with Gasteiger partial charge in [-0.25, -0.2) is 0 Å². The maximum absolute atomic E-state index is 11.2. The summed E-state index contributed by atoms with van der Waals surface area (Å²) in [6.45, 7) is 2.49. The van der Waals surface area contributed by atoms with Crippen molar-refractivity contribution in [2.24, 2.45) is 5.10 Å². The van der Waals surface area contributed by atoms with Crippen molar-refractivity contribution in [2.45, 2.75) is 43.9 Å². The van der Waals surface area contributed by atoms with Crippen molar-refractivity contribution in [3.05, 3.63) is 98.6 Å². The van der Waals surface area contributed by atoms with Crippen LogP contribution in [0.25, 0.3) is 0 Å². The van der Waals surface area contributed by atoms with E-state index in [1.165, 1.54) is 24.4 Å².